The van der Waals surface area contributed by atoms with Gasteiger partial charge in [-0.2, -0.15) is 4.98 Å². The minimum Gasteiger partial charge on any atom is -0.338 e. The van der Waals surface area contributed by atoms with Gasteiger partial charge in [0.05, 0.1) is 5.25 Å². The monoisotopic (exact) mass is 439 g/mol. The molecule has 4 rings (SSSR count). The average Bonchev–Trinajstić information content (AvgIpc) is 3.50. The molecule has 0 saturated heterocycles. The van der Waals surface area contributed by atoms with Crippen molar-refractivity contribution >= 4 is 23.1 Å². The number of aryl methyl sites for hydroxylation is 1. The highest BCUT2D eigenvalue weighted by atomic mass is 32.2. The third-order valence-corrected chi connectivity index (χ3v) is 6.72. The van der Waals surface area contributed by atoms with Gasteiger partial charge >= 0.3 is 0 Å². The molecule has 1 atom stereocenters. The molecule has 0 fully saturated rings. The molecule has 4 aromatic rings. The molecule has 0 aliphatic heterocycles. The van der Waals surface area contributed by atoms with Gasteiger partial charge in [-0.05, 0) is 30.4 Å². The first-order chi connectivity index (χ1) is 14.6. The summed E-state index contributed by atoms with van der Waals surface area (Å²) < 4.78 is 7.71. The van der Waals surface area contributed by atoms with Crippen LogP contribution in [-0.2, 0) is 19.4 Å². The zero-order chi connectivity index (χ0) is 20.9. The third-order valence-electron chi connectivity index (χ3n) is 4.78. The van der Waals surface area contributed by atoms with Crippen molar-refractivity contribution in [1.82, 2.24) is 24.9 Å². The molecule has 0 unspecified atom stereocenters. The Morgan fingerprint density at radius 1 is 1.07 bits per heavy atom. The third kappa shape index (κ3) is 4.99. The predicted molar refractivity (Wildman–Crippen MR) is 120 cm³/mol. The highest BCUT2D eigenvalue weighted by Crippen LogP contribution is 2.34. The number of aromatic nitrogens is 5. The average molecular weight is 440 g/mol. The largest absolute Gasteiger partial charge is 0.338 e. The van der Waals surface area contributed by atoms with E-state index in [1.165, 1.54) is 10.4 Å². The van der Waals surface area contributed by atoms with E-state index in [2.05, 4.69) is 87.5 Å². The molecule has 0 aliphatic rings. The smallest absolute Gasteiger partial charge is 0.239 e. The zero-order valence-corrected chi connectivity index (χ0v) is 19.0. The summed E-state index contributed by atoms with van der Waals surface area (Å²) in [6, 6.07) is 14.7. The van der Waals surface area contributed by atoms with Gasteiger partial charge in [0.15, 0.2) is 11.0 Å². The van der Waals surface area contributed by atoms with Crippen LogP contribution in [0, 0.1) is 0 Å². The van der Waals surface area contributed by atoms with Crippen molar-refractivity contribution in [2.24, 2.45) is 0 Å². The fraction of sp³-hybridized carbons (Fsp3) is 0.364. The summed E-state index contributed by atoms with van der Waals surface area (Å²) >= 11 is 3.36. The van der Waals surface area contributed by atoms with E-state index in [0.717, 1.165) is 36.2 Å². The Kier molecular flexibility index (Phi) is 6.64. The standard InChI is InChI=1S/C22H25N5OS2/c1-15(2)20-23-21(28-26-20)16(3)30-22-25-24-19(14-18-10-7-13-29-18)27(22)12-11-17-8-5-4-6-9-17/h4-10,13,15-16H,11-12,14H2,1-3H3/t16-/m0/s1. The minimum absolute atomic E-state index is 0.000682. The van der Waals surface area contributed by atoms with Gasteiger partial charge in [0.2, 0.25) is 5.89 Å². The predicted octanol–water partition coefficient (Wildman–Crippen LogP) is 5.53. The number of hydrogen-bond acceptors (Lipinski definition) is 7. The quantitative estimate of drug-likeness (QED) is 0.319. The van der Waals surface area contributed by atoms with E-state index in [0.29, 0.717) is 5.89 Å². The summed E-state index contributed by atoms with van der Waals surface area (Å²) in [5.74, 6) is 2.59. The fourth-order valence-electron chi connectivity index (χ4n) is 3.07. The van der Waals surface area contributed by atoms with E-state index in [1.807, 2.05) is 6.07 Å². The van der Waals surface area contributed by atoms with Crippen molar-refractivity contribution in [1.29, 1.82) is 0 Å². The molecule has 0 spiro atoms. The van der Waals surface area contributed by atoms with Gasteiger partial charge in [-0.1, -0.05) is 67.2 Å². The molecule has 0 N–H and O–H groups in total. The molecule has 0 radical (unpaired) electrons. The van der Waals surface area contributed by atoms with E-state index < -0.39 is 0 Å². The second kappa shape index (κ2) is 9.57. The van der Waals surface area contributed by atoms with Crippen molar-refractivity contribution in [3.05, 3.63) is 75.8 Å². The Balaban J connectivity index is 1.55. The zero-order valence-electron chi connectivity index (χ0n) is 17.4. The highest BCUT2D eigenvalue weighted by molar-refractivity contribution is 7.99. The fourth-order valence-corrected chi connectivity index (χ4v) is 4.70. The van der Waals surface area contributed by atoms with Crippen LogP contribution in [0.5, 0.6) is 0 Å². The summed E-state index contributed by atoms with van der Waals surface area (Å²) in [6.45, 7) is 7.01. The molecular formula is C22H25N5OS2. The Morgan fingerprint density at radius 2 is 1.90 bits per heavy atom. The number of nitrogens with zero attached hydrogens (tertiary/aromatic N) is 5. The number of thioether (sulfide) groups is 1. The molecule has 3 aromatic heterocycles. The first kappa shape index (κ1) is 20.8. The van der Waals surface area contributed by atoms with Gasteiger partial charge in [-0.25, -0.2) is 0 Å². The minimum atomic E-state index is -0.000682. The van der Waals surface area contributed by atoms with Crippen LogP contribution in [0.25, 0.3) is 0 Å². The van der Waals surface area contributed by atoms with Crippen molar-refractivity contribution in [3.63, 3.8) is 0 Å². The van der Waals surface area contributed by atoms with Gasteiger partial charge < -0.3 is 9.09 Å². The molecule has 0 aliphatic carbocycles. The van der Waals surface area contributed by atoms with Gasteiger partial charge in [0.25, 0.3) is 0 Å². The van der Waals surface area contributed by atoms with E-state index in [4.69, 9.17) is 4.52 Å². The summed E-state index contributed by atoms with van der Waals surface area (Å²) in [6.07, 6.45) is 1.71. The van der Waals surface area contributed by atoms with Crippen LogP contribution in [-0.4, -0.2) is 24.9 Å². The van der Waals surface area contributed by atoms with Gasteiger partial charge in [0.1, 0.15) is 5.82 Å². The highest BCUT2D eigenvalue weighted by Gasteiger charge is 2.21. The van der Waals surface area contributed by atoms with Crippen LogP contribution in [0.3, 0.4) is 0 Å². The lowest BCUT2D eigenvalue weighted by atomic mass is 10.1. The van der Waals surface area contributed by atoms with Crippen LogP contribution in [0.1, 0.15) is 59.9 Å². The maximum Gasteiger partial charge on any atom is 0.239 e. The molecular weight excluding hydrogens is 414 g/mol. The first-order valence-corrected chi connectivity index (χ1v) is 11.8. The van der Waals surface area contributed by atoms with Crippen molar-refractivity contribution in [2.75, 3.05) is 0 Å². The van der Waals surface area contributed by atoms with Gasteiger partial charge in [0, 0.05) is 23.8 Å². The summed E-state index contributed by atoms with van der Waals surface area (Å²) in [7, 11) is 0. The molecule has 0 amide bonds. The van der Waals surface area contributed by atoms with Gasteiger partial charge in [-0.15, -0.1) is 21.5 Å². The Hall–Kier alpha value is -2.45. The Bertz CT molecular complexity index is 1060. The van der Waals surface area contributed by atoms with E-state index in [1.54, 1.807) is 23.1 Å². The normalized spacial score (nSPS) is 12.5. The van der Waals surface area contributed by atoms with E-state index in [-0.39, 0.29) is 11.2 Å². The molecule has 1 aromatic carbocycles. The Morgan fingerprint density at radius 3 is 2.60 bits per heavy atom. The van der Waals surface area contributed by atoms with Crippen LogP contribution in [0.2, 0.25) is 0 Å². The maximum absolute atomic E-state index is 5.48. The van der Waals surface area contributed by atoms with Crippen LogP contribution in [0.4, 0.5) is 0 Å². The van der Waals surface area contributed by atoms with Crippen LogP contribution in [0.15, 0.2) is 57.5 Å². The van der Waals surface area contributed by atoms with Crippen molar-refractivity contribution in [2.45, 2.75) is 56.5 Å². The van der Waals surface area contributed by atoms with Crippen molar-refractivity contribution in [3.8, 4) is 0 Å². The first-order valence-electron chi connectivity index (χ1n) is 10.1. The molecule has 0 saturated carbocycles. The SMILES string of the molecule is CC(C)c1noc([C@H](C)Sc2nnc(Cc3cccs3)n2CCc2ccccc2)n1. The number of hydrogen-bond donors (Lipinski definition) is 0. The molecule has 30 heavy (non-hydrogen) atoms. The second-order valence-corrected chi connectivity index (χ2v) is 9.79. The summed E-state index contributed by atoms with van der Waals surface area (Å²) in [5, 5.41) is 16.1. The summed E-state index contributed by atoms with van der Waals surface area (Å²) in [5.41, 5.74) is 1.30. The van der Waals surface area contributed by atoms with Crippen LogP contribution >= 0.6 is 23.1 Å². The second-order valence-electron chi connectivity index (χ2n) is 7.45. The molecule has 0 bridgehead atoms. The lowest BCUT2D eigenvalue weighted by Gasteiger charge is -2.11. The molecule has 3 heterocycles. The van der Waals surface area contributed by atoms with Crippen molar-refractivity contribution < 1.29 is 4.52 Å². The lowest BCUT2D eigenvalue weighted by Crippen LogP contribution is -2.08. The number of benzene rings is 1. The van der Waals surface area contributed by atoms with E-state index >= 15 is 0 Å². The molecule has 8 heteroatoms. The molecule has 156 valence electrons. The summed E-state index contributed by atoms with van der Waals surface area (Å²) in [4.78, 5) is 5.83. The maximum atomic E-state index is 5.48. The Labute approximate surface area is 184 Å². The van der Waals surface area contributed by atoms with Crippen LogP contribution < -0.4 is 0 Å². The topological polar surface area (TPSA) is 69.6 Å². The molecule has 6 nitrogen and oxygen atoms in total. The number of rotatable bonds is 9. The number of thiophene rings is 1. The van der Waals surface area contributed by atoms with E-state index in [9.17, 15) is 0 Å². The lowest BCUT2D eigenvalue weighted by molar-refractivity contribution is 0.372. The van der Waals surface area contributed by atoms with Gasteiger partial charge in [-0.3, -0.25) is 0 Å².